The van der Waals surface area contributed by atoms with Gasteiger partial charge in [0.05, 0.1) is 0 Å². The Hall–Kier alpha value is -1.01. The zero-order chi connectivity index (χ0) is 15.1. The largest absolute Gasteiger partial charge is 0.454 e. The van der Waals surface area contributed by atoms with Gasteiger partial charge in [-0.05, 0) is 37.1 Å². The molecule has 1 aliphatic rings. The van der Waals surface area contributed by atoms with Crippen LogP contribution >= 0.6 is 25.3 Å². The van der Waals surface area contributed by atoms with Crippen LogP contribution in [0, 0.1) is 0 Å². The molecule has 116 valence electrons. The summed E-state index contributed by atoms with van der Waals surface area (Å²) in [6, 6.07) is 5.13. The maximum absolute atomic E-state index is 11.8. The van der Waals surface area contributed by atoms with Crippen molar-refractivity contribution in [2.24, 2.45) is 0 Å². The Kier molecular flexibility index (Phi) is 6.57. The third-order valence-electron chi connectivity index (χ3n) is 3.21. The molecule has 0 aromatic heterocycles. The minimum Gasteiger partial charge on any atom is -0.454 e. The van der Waals surface area contributed by atoms with E-state index in [-0.39, 0.29) is 12.8 Å². The van der Waals surface area contributed by atoms with Crippen LogP contribution in [0.4, 0.5) is 0 Å². The highest BCUT2D eigenvalue weighted by atomic mass is 32.1. The topological polar surface area (TPSA) is 44.8 Å². The summed E-state index contributed by atoms with van der Waals surface area (Å²) in [5.41, 5.74) is 0. The molecule has 0 fully saturated rings. The fraction of sp³-hybridized carbons (Fsp3) is 0.533. The highest BCUT2D eigenvalue weighted by molar-refractivity contribution is 7.81. The second-order valence-corrected chi connectivity index (χ2v) is 6.08. The number of ether oxygens (including phenoxy) is 3. The molecular formula is C15H20O4S2. The molecule has 1 atom stereocenters. The number of esters is 1. The minimum absolute atomic E-state index is 0.212. The molecule has 0 amide bonds. The second kappa shape index (κ2) is 8.44. The Bertz CT molecular complexity index is 479. The van der Waals surface area contributed by atoms with Gasteiger partial charge in [-0.3, -0.25) is 4.79 Å². The fourth-order valence-electron chi connectivity index (χ4n) is 2.07. The van der Waals surface area contributed by atoms with Crippen LogP contribution < -0.4 is 14.2 Å². The van der Waals surface area contributed by atoms with E-state index in [1.807, 2.05) is 0 Å². The number of unbranched alkanes of at least 4 members (excludes halogenated alkanes) is 1. The number of hydrogen-bond donors (Lipinski definition) is 2. The van der Waals surface area contributed by atoms with Gasteiger partial charge < -0.3 is 14.2 Å². The molecule has 21 heavy (non-hydrogen) atoms. The molecule has 2 rings (SSSR count). The number of carbonyl (C=O) groups excluding carboxylic acids is 1. The van der Waals surface area contributed by atoms with Crippen molar-refractivity contribution in [1.29, 1.82) is 0 Å². The Morgan fingerprint density at radius 2 is 2.05 bits per heavy atom. The van der Waals surface area contributed by atoms with Crippen molar-refractivity contribution in [1.82, 2.24) is 0 Å². The lowest BCUT2D eigenvalue weighted by atomic mass is 10.1. The zero-order valence-corrected chi connectivity index (χ0v) is 13.6. The molecular weight excluding hydrogens is 308 g/mol. The summed E-state index contributed by atoms with van der Waals surface area (Å²) in [6.45, 7) is 0.212. The third-order valence-corrected chi connectivity index (χ3v) is 3.98. The Balaban J connectivity index is 1.68. The molecule has 0 aliphatic carbocycles. The summed E-state index contributed by atoms with van der Waals surface area (Å²) < 4.78 is 15.7. The van der Waals surface area contributed by atoms with Crippen LogP contribution in [0.5, 0.6) is 17.2 Å². The maximum Gasteiger partial charge on any atom is 0.311 e. The van der Waals surface area contributed by atoms with E-state index < -0.39 is 0 Å². The molecule has 0 bridgehead atoms. The van der Waals surface area contributed by atoms with Crippen LogP contribution in [0.15, 0.2) is 18.2 Å². The molecule has 6 heteroatoms. The first-order valence-corrected chi connectivity index (χ1v) is 8.23. The number of carbonyl (C=O) groups is 1. The molecule has 1 heterocycles. The van der Waals surface area contributed by atoms with E-state index in [1.54, 1.807) is 18.2 Å². The number of hydrogen-bond acceptors (Lipinski definition) is 6. The van der Waals surface area contributed by atoms with Gasteiger partial charge in [-0.15, -0.1) is 0 Å². The van der Waals surface area contributed by atoms with Gasteiger partial charge in [-0.2, -0.15) is 25.3 Å². The third kappa shape index (κ3) is 5.36. The van der Waals surface area contributed by atoms with Gasteiger partial charge in [0, 0.05) is 17.7 Å². The maximum atomic E-state index is 11.8. The van der Waals surface area contributed by atoms with E-state index in [0.717, 1.165) is 31.4 Å². The van der Waals surface area contributed by atoms with Gasteiger partial charge in [0.15, 0.2) is 11.5 Å². The highest BCUT2D eigenvalue weighted by Crippen LogP contribution is 2.35. The van der Waals surface area contributed by atoms with E-state index in [0.29, 0.717) is 28.9 Å². The second-order valence-electron chi connectivity index (χ2n) is 4.90. The van der Waals surface area contributed by atoms with Crippen molar-refractivity contribution >= 4 is 31.2 Å². The van der Waals surface area contributed by atoms with Gasteiger partial charge >= 0.3 is 5.97 Å². The lowest BCUT2D eigenvalue weighted by Gasteiger charge is -2.08. The van der Waals surface area contributed by atoms with Crippen LogP contribution in [0.1, 0.15) is 32.1 Å². The quantitative estimate of drug-likeness (QED) is 0.332. The fourth-order valence-corrected chi connectivity index (χ4v) is 2.89. The summed E-state index contributed by atoms with van der Waals surface area (Å²) in [4.78, 5) is 11.8. The molecule has 4 nitrogen and oxygen atoms in total. The van der Waals surface area contributed by atoms with Crippen LogP contribution in [0.3, 0.4) is 0 Å². The molecule has 0 saturated carbocycles. The van der Waals surface area contributed by atoms with Crippen molar-refractivity contribution in [3.05, 3.63) is 18.2 Å². The van der Waals surface area contributed by atoms with Crippen LogP contribution in [-0.4, -0.2) is 23.8 Å². The van der Waals surface area contributed by atoms with Crippen molar-refractivity contribution in [2.75, 3.05) is 12.5 Å². The van der Waals surface area contributed by atoms with E-state index >= 15 is 0 Å². The van der Waals surface area contributed by atoms with Crippen molar-refractivity contribution in [3.8, 4) is 17.2 Å². The number of fused-ring (bicyclic) bond motifs is 1. The highest BCUT2D eigenvalue weighted by Gasteiger charge is 2.15. The zero-order valence-electron chi connectivity index (χ0n) is 11.8. The Morgan fingerprint density at radius 1 is 1.24 bits per heavy atom. The molecule has 0 N–H and O–H groups in total. The summed E-state index contributed by atoms with van der Waals surface area (Å²) in [7, 11) is 0. The van der Waals surface area contributed by atoms with E-state index in [9.17, 15) is 4.79 Å². The van der Waals surface area contributed by atoms with Gasteiger partial charge in [-0.25, -0.2) is 0 Å². The predicted molar refractivity (Wildman–Crippen MR) is 87.9 cm³/mol. The number of rotatable bonds is 8. The Morgan fingerprint density at radius 3 is 2.86 bits per heavy atom. The SMILES string of the molecule is O=C(CCCCC(S)CCS)Oc1ccc2c(c1)OCO2. The minimum atomic E-state index is -0.223. The number of thiol groups is 2. The molecule has 1 unspecified atom stereocenters. The van der Waals surface area contributed by atoms with Crippen molar-refractivity contribution in [2.45, 2.75) is 37.4 Å². The van der Waals surface area contributed by atoms with Crippen molar-refractivity contribution < 1.29 is 19.0 Å². The normalized spacial score (nSPS) is 14.0. The molecule has 1 aromatic rings. The first-order chi connectivity index (χ1) is 10.2. The lowest BCUT2D eigenvalue weighted by Crippen LogP contribution is -2.08. The molecule has 0 radical (unpaired) electrons. The lowest BCUT2D eigenvalue weighted by molar-refractivity contribution is -0.134. The summed E-state index contributed by atoms with van der Waals surface area (Å²) >= 11 is 8.64. The van der Waals surface area contributed by atoms with E-state index in [2.05, 4.69) is 25.3 Å². The van der Waals surface area contributed by atoms with Gasteiger partial charge in [0.1, 0.15) is 5.75 Å². The standard InChI is InChI=1S/C15H20O4S2/c16-15(4-2-1-3-12(21)7-8-20)19-11-5-6-13-14(9-11)18-10-17-13/h5-6,9,12,20-21H,1-4,7-8,10H2. The number of benzene rings is 1. The first-order valence-electron chi connectivity index (χ1n) is 7.08. The predicted octanol–water partition coefficient (Wildman–Crippen LogP) is 3.50. The smallest absolute Gasteiger partial charge is 0.311 e. The summed E-state index contributed by atoms with van der Waals surface area (Å²) in [6.07, 6.45) is 4.19. The van der Waals surface area contributed by atoms with Crippen LogP contribution in [0.2, 0.25) is 0 Å². The monoisotopic (exact) mass is 328 g/mol. The average Bonchev–Trinajstić information content (AvgIpc) is 2.91. The van der Waals surface area contributed by atoms with Crippen LogP contribution in [0.25, 0.3) is 0 Å². The first kappa shape index (κ1) is 16.4. The molecule has 0 spiro atoms. The molecule has 1 aromatic carbocycles. The van der Waals surface area contributed by atoms with Crippen molar-refractivity contribution in [3.63, 3.8) is 0 Å². The Labute approximate surface area is 136 Å². The van der Waals surface area contributed by atoms with Gasteiger partial charge in [-0.1, -0.05) is 6.42 Å². The molecule has 1 aliphatic heterocycles. The van der Waals surface area contributed by atoms with Crippen LogP contribution in [-0.2, 0) is 4.79 Å². The molecule has 0 saturated heterocycles. The summed E-state index contributed by atoms with van der Waals surface area (Å²) in [5, 5.41) is 0.368. The van der Waals surface area contributed by atoms with Gasteiger partial charge in [0.2, 0.25) is 6.79 Å². The summed E-state index contributed by atoms with van der Waals surface area (Å²) in [5.74, 6) is 2.41. The van der Waals surface area contributed by atoms with E-state index in [1.165, 1.54) is 0 Å². The average molecular weight is 328 g/mol. The van der Waals surface area contributed by atoms with Gasteiger partial charge in [0.25, 0.3) is 0 Å². The van der Waals surface area contributed by atoms with E-state index in [4.69, 9.17) is 14.2 Å².